The van der Waals surface area contributed by atoms with Gasteiger partial charge in [-0.15, -0.1) is 0 Å². The van der Waals surface area contributed by atoms with Crippen molar-refractivity contribution in [2.75, 3.05) is 0 Å². The number of hydrogen-bond acceptors (Lipinski definition) is 1. The number of nitrogens with zero attached hydrogens (tertiary/aromatic N) is 2. The molecule has 0 fully saturated rings. The summed E-state index contributed by atoms with van der Waals surface area (Å²) in [7, 11) is 0. The maximum absolute atomic E-state index is 5.18. The maximum atomic E-state index is 5.18. The molecule has 0 aliphatic carbocycles. The lowest BCUT2D eigenvalue weighted by atomic mass is 9.87. The minimum Gasteiger partial charge on any atom is -0.292 e. The van der Waals surface area contributed by atoms with Crippen molar-refractivity contribution in [2.45, 2.75) is 0 Å². The Morgan fingerprint density at radius 3 is 1.63 bits per heavy atom. The highest BCUT2D eigenvalue weighted by molar-refractivity contribution is 6.37. The zero-order valence-electron chi connectivity index (χ0n) is 23.3. The molecule has 2 nitrogen and oxygen atoms in total. The average Bonchev–Trinajstić information content (AvgIpc) is 3.46. The van der Waals surface area contributed by atoms with E-state index in [1.165, 1.54) is 64.6 Å². The van der Waals surface area contributed by atoms with Crippen molar-refractivity contribution in [3.63, 3.8) is 0 Å². The minimum atomic E-state index is 0.952. The van der Waals surface area contributed by atoms with Gasteiger partial charge in [-0.05, 0) is 72.1 Å². The van der Waals surface area contributed by atoms with E-state index in [9.17, 15) is 0 Å². The smallest absolute Gasteiger partial charge is 0.145 e. The molecule has 0 N–H and O–H groups in total. The monoisotopic (exact) mass is 544 g/mol. The van der Waals surface area contributed by atoms with E-state index in [2.05, 4.69) is 150 Å². The molecule has 0 spiro atoms. The molecule has 10 aromatic rings. The molecule has 10 rings (SSSR count). The normalized spacial score (nSPS) is 12.2. The molecular weight excluding hydrogens is 520 g/mol. The van der Waals surface area contributed by atoms with Crippen molar-refractivity contribution in [3.8, 4) is 17.1 Å². The molecule has 0 aliphatic heterocycles. The van der Waals surface area contributed by atoms with Gasteiger partial charge >= 0.3 is 0 Å². The van der Waals surface area contributed by atoms with Crippen molar-refractivity contribution in [1.29, 1.82) is 0 Å². The number of benzene rings is 8. The van der Waals surface area contributed by atoms with Gasteiger partial charge in [-0.2, -0.15) is 0 Å². The Balaban J connectivity index is 1.50. The zero-order valence-corrected chi connectivity index (χ0v) is 23.3. The molecule has 0 atom stereocenters. The highest BCUT2D eigenvalue weighted by Gasteiger charge is 2.20. The Hall–Kier alpha value is -5.73. The molecule has 1 heterocycles. The first kappa shape index (κ1) is 22.9. The summed E-state index contributed by atoms with van der Waals surface area (Å²) in [6, 6.07) is 53.1. The largest absolute Gasteiger partial charge is 0.292 e. The van der Waals surface area contributed by atoms with Gasteiger partial charge in [-0.3, -0.25) is 4.57 Å². The lowest BCUT2D eigenvalue weighted by molar-refractivity contribution is 1.12. The standard InChI is InChI=1S/C41H24N2/c1-2-10-27(11-3-1)41-42-34-20-4-5-21-35(34)43(41)36-24-28-14-8-17-30-29-15-6-12-25-22-23-26-13-7-16-31(38(26)37(25)29)32-18-9-19-33(36)40(32)39(28)30/h1-24H. The Kier molecular flexibility index (Phi) is 4.48. The van der Waals surface area contributed by atoms with Crippen LogP contribution in [0.15, 0.2) is 146 Å². The molecule has 0 radical (unpaired) electrons. The van der Waals surface area contributed by atoms with E-state index >= 15 is 0 Å². The fourth-order valence-electron chi connectivity index (χ4n) is 7.52. The number of fused-ring (bicyclic) bond motifs is 3. The molecule has 0 amide bonds. The first-order valence-electron chi connectivity index (χ1n) is 14.8. The Bertz CT molecular complexity index is 2710. The van der Waals surface area contributed by atoms with E-state index in [0.29, 0.717) is 0 Å². The summed E-state index contributed by atoms with van der Waals surface area (Å²) in [5.74, 6) is 0.952. The predicted molar refractivity (Wildman–Crippen MR) is 183 cm³/mol. The summed E-state index contributed by atoms with van der Waals surface area (Å²) in [5, 5.41) is 15.4. The van der Waals surface area contributed by atoms with Gasteiger partial charge in [0.15, 0.2) is 0 Å². The highest BCUT2D eigenvalue weighted by Crippen LogP contribution is 2.45. The first-order valence-corrected chi connectivity index (χ1v) is 14.8. The van der Waals surface area contributed by atoms with Crippen LogP contribution in [0.25, 0.3) is 92.7 Å². The van der Waals surface area contributed by atoms with Gasteiger partial charge in [0.05, 0.1) is 16.7 Å². The fourth-order valence-corrected chi connectivity index (χ4v) is 7.52. The number of rotatable bonds is 2. The number of para-hydroxylation sites is 2. The molecule has 0 aliphatic rings. The van der Waals surface area contributed by atoms with Crippen LogP contribution in [-0.2, 0) is 0 Å². The number of imidazole rings is 1. The quantitative estimate of drug-likeness (QED) is 0.198. The van der Waals surface area contributed by atoms with Crippen LogP contribution in [0.5, 0.6) is 0 Å². The van der Waals surface area contributed by atoms with Crippen LogP contribution < -0.4 is 0 Å². The minimum absolute atomic E-state index is 0.952. The molecule has 9 aromatic carbocycles. The Morgan fingerprint density at radius 1 is 0.395 bits per heavy atom. The lowest BCUT2D eigenvalue weighted by Crippen LogP contribution is -2.00. The van der Waals surface area contributed by atoms with E-state index in [1.807, 2.05) is 0 Å². The molecule has 198 valence electrons. The molecule has 0 saturated heterocycles. The van der Waals surface area contributed by atoms with Gasteiger partial charge in [-0.25, -0.2) is 4.98 Å². The molecule has 0 bridgehead atoms. The second-order valence-electron chi connectivity index (χ2n) is 11.5. The molecule has 0 saturated carbocycles. The van der Waals surface area contributed by atoms with Crippen molar-refractivity contribution >= 4 is 75.7 Å². The third kappa shape index (κ3) is 3.05. The molecule has 1 aromatic heterocycles. The van der Waals surface area contributed by atoms with E-state index in [4.69, 9.17) is 4.98 Å². The van der Waals surface area contributed by atoms with Crippen LogP contribution in [0.2, 0.25) is 0 Å². The van der Waals surface area contributed by atoms with Gasteiger partial charge in [0.1, 0.15) is 5.82 Å². The molecular formula is C41H24N2. The summed E-state index contributed by atoms with van der Waals surface area (Å²) in [4.78, 5) is 5.18. The Labute approximate surface area is 247 Å². The topological polar surface area (TPSA) is 17.8 Å². The van der Waals surface area contributed by atoms with E-state index in [0.717, 1.165) is 28.1 Å². The maximum Gasteiger partial charge on any atom is 0.145 e. The van der Waals surface area contributed by atoms with Crippen molar-refractivity contribution < 1.29 is 0 Å². The summed E-state index contributed by atoms with van der Waals surface area (Å²) >= 11 is 0. The van der Waals surface area contributed by atoms with Crippen LogP contribution in [0.1, 0.15) is 0 Å². The van der Waals surface area contributed by atoms with Crippen LogP contribution in [0.4, 0.5) is 0 Å². The third-order valence-corrected chi connectivity index (χ3v) is 9.28. The van der Waals surface area contributed by atoms with Crippen LogP contribution in [0, 0.1) is 0 Å². The molecule has 0 unspecified atom stereocenters. The molecule has 2 heteroatoms. The second kappa shape index (κ2) is 8.40. The third-order valence-electron chi connectivity index (χ3n) is 9.28. The van der Waals surface area contributed by atoms with Gasteiger partial charge in [0.25, 0.3) is 0 Å². The first-order chi connectivity index (χ1) is 21.3. The second-order valence-corrected chi connectivity index (χ2v) is 11.5. The summed E-state index contributed by atoms with van der Waals surface area (Å²) in [6.45, 7) is 0. The van der Waals surface area contributed by atoms with Crippen LogP contribution in [-0.4, -0.2) is 9.55 Å². The summed E-state index contributed by atoms with van der Waals surface area (Å²) < 4.78 is 2.36. The van der Waals surface area contributed by atoms with E-state index in [-0.39, 0.29) is 0 Å². The van der Waals surface area contributed by atoms with Crippen LogP contribution >= 0.6 is 0 Å². The molecule has 43 heavy (non-hydrogen) atoms. The van der Waals surface area contributed by atoms with Crippen molar-refractivity contribution in [2.24, 2.45) is 0 Å². The SMILES string of the molecule is c1ccc(-c2nc3ccccc3n2-c2cc3cccc4c5cccc6ccc7cccc(c8cccc2c8c34)c7c65)cc1. The fraction of sp³-hybridized carbons (Fsp3) is 0. The summed E-state index contributed by atoms with van der Waals surface area (Å²) in [6.07, 6.45) is 0. The lowest BCUT2D eigenvalue weighted by Gasteiger charge is -2.19. The van der Waals surface area contributed by atoms with Crippen molar-refractivity contribution in [3.05, 3.63) is 146 Å². The van der Waals surface area contributed by atoms with Gasteiger partial charge < -0.3 is 0 Å². The summed E-state index contributed by atoms with van der Waals surface area (Å²) in [5.41, 5.74) is 4.34. The van der Waals surface area contributed by atoms with Crippen LogP contribution in [0.3, 0.4) is 0 Å². The van der Waals surface area contributed by atoms with Crippen molar-refractivity contribution in [1.82, 2.24) is 9.55 Å². The Morgan fingerprint density at radius 2 is 0.930 bits per heavy atom. The van der Waals surface area contributed by atoms with Gasteiger partial charge in [-0.1, -0.05) is 127 Å². The number of hydrogen-bond donors (Lipinski definition) is 0. The zero-order chi connectivity index (χ0) is 28.1. The number of aromatic nitrogens is 2. The van der Waals surface area contributed by atoms with E-state index in [1.54, 1.807) is 0 Å². The average molecular weight is 545 g/mol. The van der Waals surface area contributed by atoms with Gasteiger partial charge in [0, 0.05) is 16.3 Å². The predicted octanol–water partition coefficient (Wildman–Crippen LogP) is 11.0. The van der Waals surface area contributed by atoms with Gasteiger partial charge in [0.2, 0.25) is 0 Å². The highest BCUT2D eigenvalue weighted by atomic mass is 15.1. The van der Waals surface area contributed by atoms with E-state index < -0.39 is 0 Å².